The number of aliphatic hydroxyl groups is 1. The lowest BCUT2D eigenvalue weighted by Gasteiger charge is -2.46. The lowest BCUT2D eigenvalue weighted by atomic mass is 9.90. The van der Waals surface area contributed by atoms with Gasteiger partial charge in [0.05, 0.1) is 72.2 Å². The molecule has 0 bridgehead atoms. The minimum absolute atomic E-state index is 0.228. The predicted octanol–water partition coefficient (Wildman–Crippen LogP) is 9.68. The van der Waals surface area contributed by atoms with Crippen LogP contribution in [0.2, 0.25) is 0 Å². The summed E-state index contributed by atoms with van der Waals surface area (Å²) in [7, 11) is 1.65. The lowest BCUT2D eigenvalue weighted by Crippen LogP contribution is -2.61. The summed E-state index contributed by atoms with van der Waals surface area (Å²) in [5, 5.41) is 10.8. The van der Waals surface area contributed by atoms with Gasteiger partial charge in [0.1, 0.15) is 36.3 Å². The Bertz CT molecular complexity index is 2110. The molecule has 7 atom stereocenters. The summed E-state index contributed by atoms with van der Waals surface area (Å²) in [6.07, 6.45) is -2.77. The molecule has 6 aromatic rings. The van der Waals surface area contributed by atoms with Gasteiger partial charge in [-0.15, -0.1) is 0 Å². The molecule has 2 unspecified atom stereocenters. The minimum Gasteiger partial charge on any atom is -0.497 e. The predicted molar refractivity (Wildman–Crippen MR) is 243 cm³/mol. The summed E-state index contributed by atoms with van der Waals surface area (Å²) < 4.78 is 52.9. The second-order valence-corrected chi connectivity index (χ2v) is 15.8. The number of aliphatic hydroxyl groups excluding tert-OH is 1. The van der Waals surface area contributed by atoms with Gasteiger partial charge in [-0.1, -0.05) is 164 Å². The Labute approximate surface area is 372 Å². The molecule has 1 aliphatic rings. The first-order valence-corrected chi connectivity index (χ1v) is 21.9. The van der Waals surface area contributed by atoms with Crippen LogP contribution >= 0.6 is 0 Å². The number of methoxy groups -OCH3 is 1. The molecule has 330 valence electrons. The zero-order chi connectivity index (χ0) is 43.3. The first-order chi connectivity index (χ1) is 31.1. The van der Waals surface area contributed by atoms with Gasteiger partial charge < -0.3 is 43.0 Å². The number of rotatable bonds is 25. The van der Waals surface area contributed by atoms with Crippen LogP contribution in [0.15, 0.2) is 176 Å². The highest BCUT2D eigenvalue weighted by atomic mass is 16.6. The molecule has 1 fully saturated rings. The molecule has 0 aliphatic carbocycles. The zero-order valence-electron chi connectivity index (χ0n) is 36.1. The van der Waals surface area contributed by atoms with Crippen molar-refractivity contribution < 1.29 is 43.0 Å². The molecule has 1 saturated heterocycles. The summed E-state index contributed by atoms with van der Waals surface area (Å²) in [5.74, 6) is 0.767. The Hall–Kier alpha value is -5.20. The van der Waals surface area contributed by atoms with E-state index < -0.39 is 42.7 Å². The maximum atomic E-state index is 10.8. The van der Waals surface area contributed by atoms with E-state index in [1.54, 1.807) is 7.11 Å². The van der Waals surface area contributed by atoms with Crippen molar-refractivity contribution in [1.82, 2.24) is 0 Å². The Morgan fingerprint density at radius 1 is 0.444 bits per heavy atom. The van der Waals surface area contributed by atoms with Crippen LogP contribution in [-0.4, -0.2) is 68.2 Å². The molecular weight excluding hydrogens is 793 g/mol. The van der Waals surface area contributed by atoms with Crippen molar-refractivity contribution in [3.8, 4) is 5.75 Å². The fourth-order valence-electron chi connectivity index (χ4n) is 7.80. The van der Waals surface area contributed by atoms with Crippen molar-refractivity contribution in [3.05, 3.63) is 209 Å². The van der Waals surface area contributed by atoms with Crippen LogP contribution < -0.4 is 4.74 Å². The van der Waals surface area contributed by atoms with Gasteiger partial charge in [0.2, 0.25) is 0 Å². The molecule has 0 aromatic heterocycles. The molecule has 9 heteroatoms. The third kappa shape index (κ3) is 14.4. The maximum absolute atomic E-state index is 10.8. The fraction of sp³-hybridized carbons (Fsp3) is 0.333. The molecular formula is C54H60O9. The van der Waals surface area contributed by atoms with Gasteiger partial charge in [-0.25, -0.2) is 0 Å². The van der Waals surface area contributed by atoms with E-state index in [9.17, 15) is 5.11 Å². The van der Waals surface area contributed by atoms with E-state index in [1.165, 1.54) is 0 Å². The van der Waals surface area contributed by atoms with Crippen molar-refractivity contribution in [1.29, 1.82) is 0 Å². The smallest absolute Gasteiger partial charge is 0.118 e. The first kappa shape index (κ1) is 45.8. The Kier molecular flexibility index (Phi) is 18.3. The number of ether oxygens (including phenoxy) is 8. The van der Waals surface area contributed by atoms with Crippen molar-refractivity contribution in [2.45, 2.75) is 95.2 Å². The van der Waals surface area contributed by atoms with Gasteiger partial charge in [0, 0.05) is 0 Å². The topological polar surface area (TPSA) is 94.1 Å². The quantitative estimate of drug-likeness (QED) is 0.0605. The Balaban J connectivity index is 1.19. The Morgan fingerprint density at radius 3 is 1.30 bits per heavy atom. The van der Waals surface area contributed by atoms with Crippen LogP contribution in [0.3, 0.4) is 0 Å². The van der Waals surface area contributed by atoms with Crippen LogP contribution in [0.4, 0.5) is 0 Å². The fourth-order valence-corrected chi connectivity index (χ4v) is 7.80. The van der Waals surface area contributed by atoms with E-state index in [0.717, 1.165) is 39.1 Å². The summed E-state index contributed by atoms with van der Waals surface area (Å²) >= 11 is 0. The summed E-state index contributed by atoms with van der Waals surface area (Å²) in [6.45, 7) is 2.13. The van der Waals surface area contributed by atoms with Gasteiger partial charge in [-0.05, 0) is 58.4 Å². The molecule has 0 amide bonds. The van der Waals surface area contributed by atoms with Crippen molar-refractivity contribution in [2.24, 2.45) is 0 Å². The number of hydrogen-bond acceptors (Lipinski definition) is 9. The largest absolute Gasteiger partial charge is 0.497 e. The van der Waals surface area contributed by atoms with Crippen LogP contribution in [0.5, 0.6) is 5.75 Å². The molecule has 7 rings (SSSR count). The highest BCUT2D eigenvalue weighted by Crippen LogP contribution is 2.34. The Morgan fingerprint density at radius 2 is 0.841 bits per heavy atom. The van der Waals surface area contributed by atoms with E-state index in [2.05, 4.69) is 48.5 Å². The van der Waals surface area contributed by atoms with Gasteiger partial charge in [0.15, 0.2) is 0 Å². The average molecular weight is 853 g/mol. The highest BCUT2D eigenvalue weighted by Gasteiger charge is 2.48. The van der Waals surface area contributed by atoms with E-state index >= 15 is 0 Å². The first-order valence-electron chi connectivity index (χ1n) is 21.9. The van der Waals surface area contributed by atoms with Crippen LogP contribution in [0.1, 0.15) is 46.2 Å². The zero-order valence-corrected chi connectivity index (χ0v) is 36.1. The molecule has 0 spiro atoms. The molecule has 6 aromatic carbocycles. The molecule has 1 heterocycles. The number of hydrogen-bond donors (Lipinski definition) is 1. The van der Waals surface area contributed by atoms with Crippen LogP contribution in [0, 0.1) is 0 Å². The summed E-state index contributed by atoms with van der Waals surface area (Å²) in [4.78, 5) is 0. The van der Waals surface area contributed by atoms with E-state index in [4.69, 9.17) is 37.9 Å². The van der Waals surface area contributed by atoms with E-state index in [-0.39, 0.29) is 13.2 Å². The van der Waals surface area contributed by atoms with Crippen LogP contribution in [0.25, 0.3) is 0 Å². The third-order valence-corrected chi connectivity index (χ3v) is 11.2. The van der Waals surface area contributed by atoms with Gasteiger partial charge >= 0.3 is 0 Å². The van der Waals surface area contributed by atoms with Crippen molar-refractivity contribution >= 4 is 0 Å². The normalized spacial score (nSPS) is 19.6. The second-order valence-electron chi connectivity index (χ2n) is 15.8. The van der Waals surface area contributed by atoms with E-state index in [0.29, 0.717) is 52.5 Å². The molecule has 63 heavy (non-hydrogen) atoms. The highest BCUT2D eigenvalue weighted by molar-refractivity contribution is 5.27. The van der Waals surface area contributed by atoms with Crippen LogP contribution in [-0.2, 0) is 72.8 Å². The van der Waals surface area contributed by atoms with Gasteiger partial charge in [-0.3, -0.25) is 0 Å². The van der Waals surface area contributed by atoms with Gasteiger partial charge in [-0.2, -0.15) is 0 Å². The second kappa shape index (κ2) is 25.2. The summed E-state index contributed by atoms with van der Waals surface area (Å²) in [5.41, 5.74) is 6.15. The average Bonchev–Trinajstić information content (AvgIpc) is 3.35. The SMILES string of the molecule is COc1ccc(COC(CC[C@@H]2O[C@H](COCc3ccccc3)[C@H](OCc3ccccc3)[C@H](OCc3ccccc3)[C@H]2OCc2ccccc2)C(CO)OCc2ccccc2)cc1. The van der Waals surface area contributed by atoms with Crippen molar-refractivity contribution in [2.75, 3.05) is 20.3 Å². The summed E-state index contributed by atoms with van der Waals surface area (Å²) in [6, 6.07) is 58.3. The third-order valence-electron chi connectivity index (χ3n) is 11.2. The molecule has 1 aliphatic heterocycles. The molecule has 0 saturated carbocycles. The van der Waals surface area contributed by atoms with Crippen molar-refractivity contribution in [3.63, 3.8) is 0 Å². The minimum atomic E-state index is -0.618. The molecule has 9 nitrogen and oxygen atoms in total. The van der Waals surface area contributed by atoms with E-state index in [1.807, 2.05) is 127 Å². The molecule has 1 N–H and O–H groups in total. The molecule has 0 radical (unpaired) electrons. The monoisotopic (exact) mass is 852 g/mol. The maximum Gasteiger partial charge on any atom is 0.118 e. The number of benzene rings is 6. The lowest BCUT2D eigenvalue weighted by molar-refractivity contribution is -0.274. The standard InChI is InChI=1S/C54H60O9/c1-56-47-29-27-46(28-30-47)36-58-48(50(33-55)59-35-42-19-9-3-10-20-42)31-32-49-52(60-37-43-21-11-4-12-22-43)54(62-39-45-25-15-6-16-26-45)53(61-38-44-23-13-5-14-24-44)51(63-49)40-57-34-41-17-7-2-8-18-41/h2-30,48-55H,31-40H2,1H3/t48?,49-,50?,51+,52-,53-,54+/m0/s1. The van der Waals surface area contributed by atoms with Gasteiger partial charge in [0.25, 0.3) is 0 Å².